The maximum Gasteiger partial charge on any atom is 0.133 e. The number of nitrogens with one attached hydrogen (secondary N) is 1. The normalized spacial score (nSPS) is 8.88. The van der Waals surface area contributed by atoms with Crippen molar-refractivity contribution in [2.75, 3.05) is 13.6 Å². The average Bonchev–Trinajstić information content (AvgIpc) is 2.73. The molecular formula is C13H30N4. The summed E-state index contributed by atoms with van der Waals surface area (Å²) in [7, 11) is 1.96. The van der Waals surface area contributed by atoms with Crippen LogP contribution in [0.15, 0.2) is 0 Å². The quantitative estimate of drug-likeness (QED) is 0.863. The van der Waals surface area contributed by atoms with Gasteiger partial charge in [0, 0.05) is 19.5 Å². The molecule has 17 heavy (non-hydrogen) atoms. The Morgan fingerprint density at radius 3 is 2.18 bits per heavy atom. The molecule has 102 valence electrons. The second kappa shape index (κ2) is 13.2. The van der Waals surface area contributed by atoms with Gasteiger partial charge in [-0.3, -0.25) is 0 Å². The van der Waals surface area contributed by atoms with Gasteiger partial charge in [0.2, 0.25) is 0 Å². The van der Waals surface area contributed by atoms with Crippen LogP contribution in [0.3, 0.4) is 0 Å². The van der Waals surface area contributed by atoms with Gasteiger partial charge in [0.25, 0.3) is 0 Å². The van der Waals surface area contributed by atoms with Crippen molar-refractivity contribution < 1.29 is 0 Å². The molecule has 0 bridgehead atoms. The minimum absolute atomic E-state index is 0.963. The fraction of sp³-hybridized carbons (Fsp3) is 0.846. The molecule has 0 spiro atoms. The lowest BCUT2D eigenvalue weighted by Gasteiger charge is -2.06. The lowest BCUT2D eigenvalue weighted by atomic mass is 10.3. The van der Waals surface area contributed by atoms with Gasteiger partial charge in [0.05, 0.1) is 0 Å². The van der Waals surface area contributed by atoms with E-state index in [1.54, 1.807) is 0 Å². The predicted molar refractivity (Wildman–Crippen MR) is 75.4 cm³/mol. The van der Waals surface area contributed by atoms with Crippen molar-refractivity contribution in [3.8, 4) is 0 Å². The Hall–Kier alpha value is -0.900. The molecule has 1 rings (SSSR count). The van der Waals surface area contributed by atoms with Crippen molar-refractivity contribution in [2.45, 2.75) is 60.9 Å². The molecule has 0 saturated heterocycles. The molecule has 0 atom stereocenters. The topological polar surface area (TPSA) is 42.7 Å². The van der Waals surface area contributed by atoms with E-state index in [-0.39, 0.29) is 0 Å². The van der Waals surface area contributed by atoms with E-state index in [9.17, 15) is 0 Å². The molecule has 0 fully saturated rings. The Morgan fingerprint density at radius 1 is 1.12 bits per heavy atom. The highest BCUT2D eigenvalue weighted by atomic mass is 15.3. The molecule has 4 nitrogen and oxygen atoms in total. The van der Waals surface area contributed by atoms with Gasteiger partial charge in [-0.05, 0) is 20.4 Å². The van der Waals surface area contributed by atoms with E-state index in [2.05, 4.69) is 27.0 Å². The number of nitrogens with zero attached hydrogens (tertiary/aromatic N) is 3. The van der Waals surface area contributed by atoms with Crippen molar-refractivity contribution in [3.63, 3.8) is 0 Å². The maximum absolute atomic E-state index is 4.14. The fourth-order valence-corrected chi connectivity index (χ4v) is 1.35. The van der Waals surface area contributed by atoms with Crippen LogP contribution >= 0.6 is 0 Å². The molecule has 0 unspecified atom stereocenters. The van der Waals surface area contributed by atoms with E-state index in [0.717, 1.165) is 37.6 Å². The molecule has 0 amide bonds. The SMILES string of the molecule is CC.CC.CCCc1nnc(C)n1CCNC. The van der Waals surface area contributed by atoms with Gasteiger partial charge >= 0.3 is 0 Å². The van der Waals surface area contributed by atoms with E-state index >= 15 is 0 Å². The van der Waals surface area contributed by atoms with Crippen molar-refractivity contribution in [2.24, 2.45) is 0 Å². The lowest BCUT2D eigenvalue weighted by molar-refractivity contribution is 0.598. The Bertz CT molecular complexity index is 256. The minimum Gasteiger partial charge on any atom is -0.318 e. The monoisotopic (exact) mass is 242 g/mol. The van der Waals surface area contributed by atoms with Crippen LogP contribution < -0.4 is 5.32 Å². The van der Waals surface area contributed by atoms with Crippen LogP contribution in [0.5, 0.6) is 0 Å². The molecule has 1 heterocycles. The zero-order valence-corrected chi connectivity index (χ0v) is 12.7. The second-order valence-electron chi connectivity index (χ2n) is 3.17. The zero-order valence-electron chi connectivity index (χ0n) is 12.7. The summed E-state index contributed by atoms with van der Waals surface area (Å²) in [6.07, 6.45) is 2.14. The summed E-state index contributed by atoms with van der Waals surface area (Å²) in [5.41, 5.74) is 0. The molecule has 0 aliphatic rings. The Kier molecular flexibility index (Phi) is 14.3. The van der Waals surface area contributed by atoms with Gasteiger partial charge in [0.1, 0.15) is 11.6 Å². The Labute approximate surface area is 107 Å². The second-order valence-corrected chi connectivity index (χ2v) is 3.17. The summed E-state index contributed by atoms with van der Waals surface area (Å²) in [4.78, 5) is 0. The Balaban J connectivity index is 0. The number of hydrogen-bond donors (Lipinski definition) is 1. The first kappa shape index (κ1) is 18.5. The van der Waals surface area contributed by atoms with E-state index in [4.69, 9.17) is 0 Å². The smallest absolute Gasteiger partial charge is 0.133 e. The van der Waals surface area contributed by atoms with Crippen LogP contribution in [0.1, 0.15) is 52.7 Å². The third-order valence-corrected chi connectivity index (χ3v) is 2.07. The largest absolute Gasteiger partial charge is 0.318 e. The van der Waals surface area contributed by atoms with Gasteiger partial charge in [-0.15, -0.1) is 10.2 Å². The van der Waals surface area contributed by atoms with Gasteiger partial charge in [-0.1, -0.05) is 34.6 Å². The summed E-state index contributed by atoms with van der Waals surface area (Å²) in [6, 6.07) is 0. The first-order valence-corrected chi connectivity index (χ1v) is 6.82. The van der Waals surface area contributed by atoms with Gasteiger partial charge in [-0.2, -0.15) is 0 Å². The lowest BCUT2D eigenvalue weighted by Crippen LogP contribution is -2.17. The summed E-state index contributed by atoms with van der Waals surface area (Å²) in [5.74, 6) is 2.12. The molecule has 1 aromatic rings. The van der Waals surface area contributed by atoms with Crippen LogP contribution in [0.25, 0.3) is 0 Å². The molecule has 1 N–H and O–H groups in total. The molecular weight excluding hydrogens is 212 g/mol. The van der Waals surface area contributed by atoms with Crippen molar-refractivity contribution in [1.29, 1.82) is 0 Å². The minimum atomic E-state index is 0.963. The van der Waals surface area contributed by atoms with Crippen molar-refractivity contribution >= 4 is 0 Å². The average molecular weight is 242 g/mol. The molecule has 0 aliphatic heterocycles. The number of aryl methyl sites for hydroxylation is 2. The molecule has 4 heteroatoms. The maximum atomic E-state index is 4.14. The summed E-state index contributed by atoms with van der Waals surface area (Å²) in [5, 5.41) is 11.3. The van der Waals surface area contributed by atoms with Gasteiger partial charge in [0.15, 0.2) is 0 Å². The molecule has 0 saturated carbocycles. The highest BCUT2D eigenvalue weighted by Gasteiger charge is 2.06. The number of likely N-dealkylation sites (N-methyl/N-ethyl adjacent to an activating group) is 1. The van der Waals surface area contributed by atoms with Crippen LogP contribution in [0.4, 0.5) is 0 Å². The number of rotatable bonds is 5. The van der Waals surface area contributed by atoms with Gasteiger partial charge in [-0.25, -0.2) is 0 Å². The molecule has 0 aromatic carbocycles. The third kappa shape index (κ3) is 7.10. The molecule has 0 aliphatic carbocycles. The standard InChI is InChI=1S/C9H18N4.2C2H6/c1-4-5-9-12-11-8(2)13(9)7-6-10-3;2*1-2/h10H,4-7H2,1-3H3;2*1-2H3. The van der Waals surface area contributed by atoms with Crippen molar-refractivity contribution in [1.82, 2.24) is 20.1 Å². The predicted octanol–water partition coefficient (Wildman–Crippen LogP) is 2.81. The number of aromatic nitrogens is 3. The highest BCUT2D eigenvalue weighted by molar-refractivity contribution is 4.94. The van der Waals surface area contributed by atoms with E-state index in [1.165, 1.54) is 0 Å². The molecule has 1 aromatic heterocycles. The van der Waals surface area contributed by atoms with E-state index < -0.39 is 0 Å². The van der Waals surface area contributed by atoms with E-state index in [1.807, 2.05) is 41.7 Å². The zero-order chi connectivity index (χ0) is 13.7. The van der Waals surface area contributed by atoms with E-state index in [0.29, 0.717) is 0 Å². The summed E-state index contributed by atoms with van der Waals surface area (Å²) < 4.78 is 2.18. The molecule has 0 radical (unpaired) electrons. The van der Waals surface area contributed by atoms with Crippen LogP contribution in [-0.2, 0) is 13.0 Å². The summed E-state index contributed by atoms with van der Waals surface area (Å²) in [6.45, 7) is 14.1. The van der Waals surface area contributed by atoms with Crippen LogP contribution in [-0.4, -0.2) is 28.4 Å². The number of hydrogen-bond acceptors (Lipinski definition) is 3. The fourth-order valence-electron chi connectivity index (χ4n) is 1.35. The van der Waals surface area contributed by atoms with Crippen LogP contribution in [0.2, 0.25) is 0 Å². The van der Waals surface area contributed by atoms with Gasteiger partial charge < -0.3 is 9.88 Å². The van der Waals surface area contributed by atoms with Crippen LogP contribution in [0, 0.1) is 6.92 Å². The first-order chi connectivity index (χ1) is 8.29. The van der Waals surface area contributed by atoms with Crippen molar-refractivity contribution in [3.05, 3.63) is 11.6 Å². The first-order valence-electron chi connectivity index (χ1n) is 6.82. The third-order valence-electron chi connectivity index (χ3n) is 2.07. The highest BCUT2D eigenvalue weighted by Crippen LogP contribution is 2.02. The Morgan fingerprint density at radius 2 is 1.71 bits per heavy atom. The summed E-state index contributed by atoms with van der Waals surface area (Å²) >= 11 is 0.